The van der Waals surface area contributed by atoms with Crippen molar-refractivity contribution in [3.63, 3.8) is 0 Å². The zero-order valence-corrected chi connectivity index (χ0v) is 13.4. The van der Waals surface area contributed by atoms with Gasteiger partial charge in [-0.3, -0.25) is 0 Å². The van der Waals surface area contributed by atoms with Gasteiger partial charge in [0.2, 0.25) is 0 Å². The Labute approximate surface area is 137 Å². The third-order valence-corrected chi connectivity index (χ3v) is 4.98. The third-order valence-electron chi connectivity index (χ3n) is 4.98. The van der Waals surface area contributed by atoms with Gasteiger partial charge in [0.05, 0.1) is 6.26 Å². The van der Waals surface area contributed by atoms with Crippen molar-refractivity contribution in [2.45, 2.75) is 44.7 Å². The molecule has 23 heavy (non-hydrogen) atoms. The molecule has 0 unspecified atom stereocenters. The van der Waals surface area contributed by atoms with Crippen molar-refractivity contribution in [3.05, 3.63) is 66.4 Å². The maximum atomic E-state index is 5.50. The molecule has 0 amide bonds. The van der Waals surface area contributed by atoms with Gasteiger partial charge >= 0.3 is 0 Å². The molecule has 1 saturated carbocycles. The van der Waals surface area contributed by atoms with Gasteiger partial charge < -0.3 is 9.32 Å². The largest absolute Gasteiger partial charge is 0.464 e. The van der Waals surface area contributed by atoms with E-state index < -0.39 is 0 Å². The maximum absolute atomic E-state index is 5.50. The molecule has 4 rings (SSSR count). The van der Waals surface area contributed by atoms with E-state index in [0.29, 0.717) is 6.04 Å². The summed E-state index contributed by atoms with van der Waals surface area (Å²) in [4.78, 5) is 2.60. The fourth-order valence-electron chi connectivity index (χ4n) is 3.74. The minimum atomic E-state index is 0.647. The Hall–Kier alpha value is -2.22. The molecule has 3 aromatic rings. The normalized spacial score (nSPS) is 15.8. The lowest BCUT2D eigenvalue weighted by atomic mass is 9.93. The van der Waals surface area contributed by atoms with E-state index in [2.05, 4.69) is 59.5 Å². The lowest BCUT2D eigenvalue weighted by Crippen LogP contribution is -2.36. The van der Waals surface area contributed by atoms with Gasteiger partial charge in [0.25, 0.3) is 0 Å². The van der Waals surface area contributed by atoms with Crippen molar-refractivity contribution in [2.24, 2.45) is 0 Å². The van der Waals surface area contributed by atoms with Gasteiger partial charge in [-0.2, -0.15) is 0 Å². The number of nitrogens with zero attached hydrogens (tertiary/aromatic N) is 1. The second-order valence-corrected chi connectivity index (χ2v) is 6.55. The molecule has 1 aliphatic carbocycles. The first-order valence-corrected chi connectivity index (χ1v) is 8.68. The summed E-state index contributed by atoms with van der Waals surface area (Å²) in [5.74, 6) is 0. The van der Waals surface area contributed by atoms with Gasteiger partial charge in [-0.15, -0.1) is 0 Å². The summed E-state index contributed by atoms with van der Waals surface area (Å²) in [6.45, 7) is 0.981. The highest BCUT2D eigenvalue weighted by Gasteiger charge is 2.22. The summed E-state index contributed by atoms with van der Waals surface area (Å²) in [6.07, 6.45) is 8.47. The van der Waals surface area contributed by atoms with Crippen LogP contribution in [0.3, 0.4) is 0 Å². The molecule has 0 radical (unpaired) electrons. The molecule has 0 saturated heterocycles. The maximum Gasteiger partial charge on any atom is 0.133 e. The van der Waals surface area contributed by atoms with Crippen LogP contribution >= 0.6 is 0 Å². The summed E-state index contributed by atoms with van der Waals surface area (Å²) < 4.78 is 5.50. The number of anilines is 1. The van der Waals surface area contributed by atoms with Crippen LogP contribution in [0, 0.1) is 0 Å². The predicted molar refractivity (Wildman–Crippen MR) is 95.7 cm³/mol. The van der Waals surface area contributed by atoms with Crippen LogP contribution in [0.25, 0.3) is 11.0 Å². The Morgan fingerprint density at radius 2 is 1.74 bits per heavy atom. The number of furan rings is 1. The van der Waals surface area contributed by atoms with E-state index in [1.807, 2.05) is 0 Å². The number of rotatable bonds is 4. The molecule has 2 nitrogen and oxygen atoms in total. The van der Waals surface area contributed by atoms with Gasteiger partial charge in [0.15, 0.2) is 0 Å². The monoisotopic (exact) mass is 305 g/mol. The van der Waals surface area contributed by atoms with Crippen LogP contribution in [-0.4, -0.2) is 6.04 Å². The van der Waals surface area contributed by atoms with E-state index in [0.717, 1.165) is 12.1 Å². The molecule has 0 aliphatic heterocycles. The molecular formula is C21H23NO. The van der Waals surface area contributed by atoms with Crippen molar-refractivity contribution >= 4 is 16.7 Å². The summed E-state index contributed by atoms with van der Waals surface area (Å²) >= 11 is 0. The Morgan fingerprint density at radius 1 is 0.913 bits per heavy atom. The highest BCUT2D eigenvalue weighted by molar-refractivity contribution is 5.81. The van der Waals surface area contributed by atoms with Gasteiger partial charge in [-0.1, -0.05) is 49.6 Å². The fourth-order valence-corrected chi connectivity index (χ4v) is 3.74. The van der Waals surface area contributed by atoms with Crippen molar-refractivity contribution in [1.82, 2.24) is 0 Å². The molecule has 0 bridgehead atoms. The van der Waals surface area contributed by atoms with Crippen molar-refractivity contribution in [1.29, 1.82) is 0 Å². The molecule has 0 spiro atoms. The highest BCUT2D eigenvalue weighted by Crippen LogP contribution is 2.31. The standard InChI is InChI=1S/C21H23NO/c1-3-7-17(8-4-1)16-22(19-9-5-2-6-10-19)20-11-12-21-18(15-20)13-14-23-21/h1,3-4,7-8,11-15,19H,2,5-6,9-10,16H2. The molecule has 1 fully saturated rings. The van der Waals surface area contributed by atoms with Crippen LogP contribution < -0.4 is 4.90 Å². The van der Waals surface area contributed by atoms with Crippen molar-refractivity contribution in [2.75, 3.05) is 4.90 Å². The van der Waals surface area contributed by atoms with Crippen LogP contribution in [-0.2, 0) is 6.54 Å². The molecule has 1 aromatic heterocycles. The molecule has 2 aromatic carbocycles. The van der Waals surface area contributed by atoms with Crippen LogP contribution in [0.5, 0.6) is 0 Å². The molecule has 1 aliphatic rings. The molecule has 2 heteroatoms. The minimum Gasteiger partial charge on any atom is -0.464 e. The Bertz CT molecular complexity index is 756. The van der Waals surface area contributed by atoms with E-state index in [1.165, 1.54) is 48.7 Å². The van der Waals surface area contributed by atoms with E-state index in [1.54, 1.807) is 6.26 Å². The Kier molecular flexibility index (Phi) is 4.06. The summed E-state index contributed by atoms with van der Waals surface area (Å²) in [7, 11) is 0. The quantitative estimate of drug-likeness (QED) is 0.608. The molecule has 118 valence electrons. The molecule has 0 N–H and O–H groups in total. The zero-order chi connectivity index (χ0) is 15.5. The van der Waals surface area contributed by atoms with E-state index in [9.17, 15) is 0 Å². The topological polar surface area (TPSA) is 16.4 Å². The van der Waals surface area contributed by atoms with Crippen LogP contribution in [0.15, 0.2) is 65.3 Å². The van der Waals surface area contributed by atoms with Crippen molar-refractivity contribution < 1.29 is 4.42 Å². The smallest absolute Gasteiger partial charge is 0.133 e. The molecular weight excluding hydrogens is 282 g/mol. The Balaban J connectivity index is 1.67. The predicted octanol–water partition coefficient (Wildman–Crippen LogP) is 5.77. The van der Waals surface area contributed by atoms with E-state index in [4.69, 9.17) is 4.42 Å². The van der Waals surface area contributed by atoms with Gasteiger partial charge in [0.1, 0.15) is 5.58 Å². The number of fused-ring (bicyclic) bond motifs is 1. The van der Waals surface area contributed by atoms with E-state index >= 15 is 0 Å². The van der Waals surface area contributed by atoms with Crippen LogP contribution in [0.4, 0.5) is 5.69 Å². The van der Waals surface area contributed by atoms with Gasteiger partial charge in [-0.05, 0) is 42.7 Å². The second kappa shape index (κ2) is 6.49. The highest BCUT2D eigenvalue weighted by atomic mass is 16.3. The summed E-state index contributed by atoms with van der Waals surface area (Å²) in [5.41, 5.74) is 3.66. The lowest BCUT2D eigenvalue weighted by molar-refractivity contribution is 0.413. The fraction of sp³-hybridized carbons (Fsp3) is 0.333. The molecule has 1 heterocycles. The summed E-state index contributed by atoms with van der Waals surface area (Å²) in [5, 5.41) is 1.19. The average molecular weight is 305 g/mol. The van der Waals surface area contributed by atoms with Crippen molar-refractivity contribution in [3.8, 4) is 0 Å². The first-order chi connectivity index (χ1) is 11.4. The number of benzene rings is 2. The van der Waals surface area contributed by atoms with Gasteiger partial charge in [-0.25, -0.2) is 0 Å². The van der Waals surface area contributed by atoms with Crippen LogP contribution in [0.1, 0.15) is 37.7 Å². The minimum absolute atomic E-state index is 0.647. The van der Waals surface area contributed by atoms with E-state index in [-0.39, 0.29) is 0 Å². The lowest BCUT2D eigenvalue weighted by Gasteiger charge is -2.36. The second-order valence-electron chi connectivity index (χ2n) is 6.55. The number of hydrogen-bond donors (Lipinski definition) is 0. The molecule has 0 atom stereocenters. The average Bonchev–Trinajstić information content (AvgIpc) is 3.09. The first-order valence-electron chi connectivity index (χ1n) is 8.68. The SMILES string of the molecule is c1ccc(CN(c2ccc3occc3c2)C2CCCCC2)cc1. The third kappa shape index (κ3) is 3.12. The number of hydrogen-bond acceptors (Lipinski definition) is 2. The van der Waals surface area contributed by atoms with Crippen LogP contribution in [0.2, 0.25) is 0 Å². The first kappa shape index (κ1) is 14.4. The Morgan fingerprint density at radius 3 is 2.57 bits per heavy atom. The van der Waals surface area contributed by atoms with Gasteiger partial charge in [0, 0.05) is 23.7 Å². The summed E-state index contributed by atoms with van der Waals surface area (Å²) in [6, 6.07) is 20.1. The zero-order valence-electron chi connectivity index (χ0n) is 13.4.